The molecule has 2 rings (SSSR count). The Bertz CT molecular complexity index is 849. The van der Waals surface area contributed by atoms with E-state index in [9.17, 15) is 12.8 Å². The molecule has 26 heavy (non-hydrogen) atoms. The predicted molar refractivity (Wildman–Crippen MR) is 102 cm³/mol. The van der Waals surface area contributed by atoms with E-state index < -0.39 is 9.84 Å². The third kappa shape index (κ3) is 6.64. The van der Waals surface area contributed by atoms with E-state index in [0.717, 1.165) is 22.9 Å². The largest absolute Gasteiger partial charge is 0.379 e. The van der Waals surface area contributed by atoms with Crippen molar-refractivity contribution in [1.29, 1.82) is 0 Å². The minimum absolute atomic E-state index is 0.0190. The van der Waals surface area contributed by atoms with Gasteiger partial charge < -0.3 is 20.4 Å². The average molecular weight is 384 g/mol. The summed E-state index contributed by atoms with van der Waals surface area (Å²) in [4.78, 5) is 7.25. The molecule has 0 atom stereocenters. The Kier molecular flexibility index (Phi) is 7.40. The fraction of sp³-hybridized carbons (Fsp3) is 0.471. The Balaban J connectivity index is 1.69. The van der Waals surface area contributed by atoms with E-state index in [1.165, 1.54) is 18.4 Å². The predicted octanol–water partition coefficient (Wildman–Crippen LogP) is 1.08. The van der Waals surface area contributed by atoms with Gasteiger partial charge in [-0.1, -0.05) is 0 Å². The molecule has 3 N–H and O–H groups in total. The van der Waals surface area contributed by atoms with Crippen molar-refractivity contribution in [3.8, 4) is 0 Å². The van der Waals surface area contributed by atoms with Crippen molar-refractivity contribution < 1.29 is 17.5 Å². The highest BCUT2D eigenvalue weighted by Crippen LogP contribution is 2.19. The monoisotopic (exact) mass is 384 g/mol. The molecule has 0 unspecified atom stereocenters. The van der Waals surface area contributed by atoms with Gasteiger partial charge in [-0.25, -0.2) is 12.8 Å². The number of halogens is 1. The highest BCUT2D eigenvalue weighted by atomic mass is 32.2. The van der Waals surface area contributed by atoms with Gasteiger partial charge >= 0.3 is 0 Å². The lowest BCUT2D eigenvalue weighted by atomic mass is 10.1. The molecule has 144 valence electrons. The second kappa shape index (κ2) is 9.54. The van der Waals surface area contributed by atoms with Crippen molar-refractivity contribution in [1.82, 2.24) is 15.6 Å². The number of nitrogens with one attached hydrogen (secondary N) is 3. The van der Waals surface area contributed by atoms with Crippen molar-refractivity contribution in [3.05, 3.63) is 35.8 Å². The maximum atomic E-state index is 13.4. The number of hydrogen-bond acceptors (Lipinski definition) is 4. The van der Waals surface area contributed by atoms with Crippen LogP contribution in [0.15, 0.2) is 29.4 Å². The van der Waals surface area contributed by atoms with Crippen LogP contribution in [0.25, 0.3) is 10.9 Å². The summed E-state index contributed by atoms with van der Waals surface area (Å²) < 4.78 is 40.6. The molecule has 0 radical (unpaired) electrons. The zero-order valence-electron chi connectivity index (χ0n) is 15.0. The van der Waals surface area contributed by atoms with Gasteiger partial charge in [-0.3, -0.25) is 4.99 Å². The summed E-state index contributed by atoms with van der Waals surface area (Å²) in [6.45, 7) is 1.72. The Morgan fingerprint density at radius 1 is 1.27 bits per heavy atom. The van der Waals surface area contributed by atoms with Crippen LogP contribution in [-0.4, -0.2) is 64.7 Å². The van der Waals surface area contributed by atoms with E-state index in [2.05, 4.69) is 20.6 Å². The number of ether oxygens (including phenoxy) is 1. The van der Waals surface area contributed by atoms with Crippen LogP contribution in [0.1, 0.15) is 5.56 Å². The van der Waals surface area contributed by atoms with Crippen LogP contribution in [-0.2, 0) is 21.0 Å². The van der Waals surface area contributed by atoms with Crippen LogP contribution in [0.3, 0.4) is 0 Å². The normalized spacial score (nSPS) is 12.5. The van der Waals surface area contributed by atoms with Gasteiger partial charge in [0.25, 0.3) is 0 Å². The Morgan fingerprint density at radius 3 is 2.77 bits per heavy atom. The molecule has 0 aliphatic rings. The topological polar surface area (TPSA) is 95.6 Å². The number of aromatic nitrogens is 1. The summed E-state index contributed by atoms with van der Waals surface area (Å²) in [5, 5.41) is 7.16. The number of hydrogen-bond donors (Lipinski definition) is 3. The maximum Gasteiger partial charge on any atom is 0.191 e. The molecule has 0 amide bonds. The SMILES string of the molecule is CN=C(NCCOCCS(C)(=O)=O)NCCc1c[nH]c2ccc(F)cc12. The average Bonchev–Trinajstić information content (AvgIpc) is 2.97. The number of sulfone groups is 1. The fourth-order valence-electron chi connectivity index (χ4n) is 2.45. The minimum atomic E-state index is -2.99. The van der Waals surface area contributed by atoms with Crippen LogP contribution >= 0.6 is 0 Å². The highest BCUT2D eigenvalue weighted by Gasteiger charge is 2.05. The molecule has 1 heterocycles. The molecule has 0 aliphatic heterocycles. The summed E-state index contributed by atoms with van der Waals surface area (Å²) in [5.41, 5.74) is 1.95. The number of aromatic amines is 1. The minimum Gasteiger partial charge on any atom is -0.379 e. The molecule has 2 aromatic rings. The molecule has 0 saturated heterocycles. The third-order valence-corrected chi connectivity index (χ3v) is 4.69. The van der Waals surface area contributed by atoms with Crippen molar-refractivity contribution in [2.45, 2.75) is 6.42 Å². The number of benzene rings is 1. The molecular weight excluding hydrogens is 359 g/mol. The van der Waals surface area contributed by atoms with E-state index in [-0.39, 0.29) is 18.2 Å². The first kappa shape index (κ1) is 20.2. The second-order valence-corrected chi connectivity index (χ2v) is 8.18. The zero-order valence-corrected chi connectivity index (χ0v) is 15.8. The molecule has 0 bridgehead atoms. The van der Waals surface area contributed by atoms with Crippen molar-refractivity contribution >= 4 is 26.7 Å². The van der Waals surface area contributed by atoms with Gasteiger partial charge in [-0.15, -0.1) is 0 Å². The smallest absolute Gasteiger partial charge is 0.191 e. The number of guanidine groups is 1. The van der Waals surface area contributed by atoms with E-state index in [0.29, 0.717) is 25.7 Å². The van der Waals surface area contributed by atoms with Gasteiger partial charge in [-0.05, 0) is 30.2 Å². The van der Waals surface area contributed by atoms with Crippen LogP contribution < -0.4 is 10.6 Å². The summed E-state index contributed by atoms with van der Waals surface area (Å²) in [7, 11) is -1.32. The van der Waals surface area contributed by atoms with Crippen molar-refractivity contribution in [2.75, 3.05) is 45.4 Å². The molecule has 0 fully saturated rings. The van der Waals surface area contributed by atoms with Gasteiger partial charge in [0, 0.05) is 43.5 Å². The number of rotatable bonds is 9. The maximum absolute atomic E-state index is 13.4. The van der Waals surface area contributed by atoms with Crippen LogP contribution in [0.2, 0.25) is 0 Å². The van der Waals surface area contributed by atoms with E-state index in [1.807, 2.05) is 6.20 Å². The lowest BCUT2D eigenvalue weighted by molar-refractivity contribution is 0.154. The van der Waals surface area contributed by atoms with Gasteiger partial charge in [0.15, 0.2) is 5.96 Å². The van der Waals surface area contributed by atoms with E-state index in [4.69, 9.17) is 4.74 Å². The zero-order chi connectivity index (χ0) is 19.0. The quantitative estimate of drug-likeness (QED) is 0.342. The molecule has 1 aromatic carbocycles. The second-order valence-electron chi connectivity index (χ2n) is 5.92. The van der Waals surface area contributed by atoms with Crippen molar-refractivity contribution in [3.63, 3.8) is 0 Å². The molecular formula is C17H25FN4O3S. The molecule has 9 heteroatoms. The lowest BCUT2D eigenvalue weighted by Crippen LogP contribution is -2.39. The molecule has 0 spiro atoms. The Hall–Kier alpha value is -2.13. The summed E-state index contributed by atoms with van der Waals surface area (Å²) >= 11 is 0. The highest BCUT2D eigenvalue weighted by molar-refractivity contribution is 7.90. The molecule has 7 nitrogen and oxygen atoms in total. The van der Waals surface area contributed by atoms with Crippen LogP contribution in [0.4, 0.5) is 4.39 Å². The summed E-state index contributed by atoms with van der Waals surface area (Å²) in [5.74, 6) is 0.396. The number of nitrogens with zero attached hydrogens (tertiary/aromatic N) is 1. The first-order valence-corrected chi connectivity index (χ1v) is 10.4. The Morgan fingerprint density at radius 2 is 2.04 bits per heavy atom. The fourth-order valence-corrected chi connectivity index (χ4v) is 2.87. The van der Waals surface area contributed by atoms with E-state index in [1.54, 1.807) is 13.1 Å². The first-order chi connectivity index (χ1) is 12.4. The number of H-pyrrole nitrogens is 1. The third-order valence-electron chi connectivity index (χ3n) is 3.78. The van der Waals surface area contributed by atoms with Gasteiger partial charge in [0.2, 0.25) is 0 Å². The standard InChI is InChI=1S/C17H25FN4O3S/c1-19-17(21-7-8-25-9-10-26(2,23)24)20-6-5-13-12-22-16-4-3-14(18)11-15(13)16/h3-4,11-12,22H,5-10H2,1-2H3,(H2,19,20,21). The number of aliphatic imine (C=N–C) groups is 1. The number of fused-ring (bicyclic) bond motifs is 1. The first-order valence-electron chi connectivity index (χ1n) is 8.34. The summed E-state index contributed by atoms with van der Waals surface area (Å²) in [6, 6.07) is 4.69. The van der Waals surface area contributed by atoms with Crippen molar-refractivity contribution in [2.24, 2.45) is 4.99 Å². The van der Waals surface area contributed by atoms with Gasteiger partial charge in [0.1, 0.15) is 15.7 Å². The van der Waals surface area contributed by atoms with Crippen LogP contribution in [0.5, 0.6) is 0 Å². The Labute approximate surface area is 153 Å². The van der Waals surface area contributed by atoms with Crippen LogP contribution in [0, 0.1) is 5.82 Å². The molecule has 1 aromatic heterocycles. The lowest BCUT2D eigenvalue weighted by Gasteiger charge is -2.12. The molecule has 0 aliphatic carbocycles. The van der Waals surface area contributed by atoms with Gasteiger partial charge in [0.05, 0.1) is 19.0 Å². The summed E-state index contributed by atoms with van der Waals surface area (Å²) in [6.07, 6.45) is 3.79. The molecule has 0 saturated carbocycles. The van der Waals surface area contributed by atoms with Gasteiger partial charge in [-0.2, -0.15) is 0 Å². The van der Waals surface area contributed by atoms with E-state index >= 15 is 0 Å².